The molecular formula is C39H73N2O11-. The molecule has 0 aromatic heterocycles. The first-order valence-corrected chi connectivity index (χ1v) is 20.4. The molecule has 1 rings (SSSR count). The predicted octanol–water partition coefficient (Wildman–Crippen LogP) is 3.63. The monoisotopic (exact) mass is 746 g/mol. The molecule has 0 unspecified atom stereocenters. The fourth-order valence-electron chi connectivity index (χ4n) is 6.96. The van der Waals surface area contributed by atoms with Gasteiger partial charge in [-0.1, -0.05) is 129 Å². The maximum absolute atomic E-state index is 13.5. The summed E-state index contributed by atoms with van der Waals surface area (Å²) < 4.78 is 5.19. The van der Waals surface area contributed by atoms with E-state index in [1.807, 2.05) is 0 Å². The summed E-state index contributed by atoms with van der Waals surface area (Å²) in [5.74, 6) is -2.45. The first-order valence-electron chi connectivity index (χ1n) is 20.4. The Morgan fingerprint density at radius 3 is 1.54 bits per heavy atom. The topological polar surface area (TPSA) is 211 Å². The number of hydrogen-bond acceptors (Lipinski definition) is 10. The highest BCUT2D eigenvalue weighted by atomic mass is 16.6. The van der Waals surface area contributed by atoms with Gasteiger partial charge in [0.05, 0.1) is 37.7 Å². The van der Waals surface area contributed by atoms with Gasteiger partial charge in [-0.05, 0) is 19.3 Å². The number of hydrogen-bond donors (Lipinski definition) is 6. The molecule has 1 saturated heterocycles. The Morgan fingerprint density at radius 1 is 0.654 bits per heavy atom. The number of aliphatic hydroxyl groups is 5. The largest absolute Gasteiger partial charge is 0.829 e. The second-order valence-electron chi connectivity index (χ2n) is 14.8. The van der Waals surface area contributed by atoms with Crippen LogP contribution in [0.15, 0.2) is 0 Å². The van der Waals surface area contributed by atoms with Crippen LogP contribution in [-0.4, -0.2) is 127 Å². The van der Waals surface area contributed by atoms with E-state index in [1.165, 1.54) is 64.2 Å². The number of ether oxygens (including phenoxy) is 1. The van der Waals surface area contributed by atoms with Crippen molar-refractivity contribution < 1.29 is 54.9 Å². The zero-order valence-electron chi connectivity index (χ0n) is 32.3. The average molecular weight is 746 g/mol. The van der Waals surface area contributed by atoms with E-state index < -0.39 is 73.8 Å². The van der Waals surface area contributed by atoms with Crippen LogP contribution < -0.4 is 5.11 Å². The Morgan fingerprint density at radius 2 is 1.10 bits per heavy atom. The Labute approximate surface area is 312 Å². The summed E-state index contributed by atoms with van der Waals surface area (Å²) in [6.07, 6.45) is 11.5. The number of carbonyl (C=O) groups is 3. The van der Waals surface area contributed by atoms with E-state index in [-0.39, 0.29) is 32.4 Å². The van der Waals surface area contributed by atoms with Gasteiger partial charge in [0.1, 0.15) is 24.9 Å². The molecule has 1 aliphatic heterocycles. The number of carboxylic acid groups (broad SMARTS) is 1. The number of aliphatic carboxylic acids is 1. The zero-order valence-corrected chi connectivity index (χ0v) is 32.3. The smallest absolute Gasteiger partial charge is 0.323 e. The number of carbonyl (C=O) groups excluding carboxylic acids is 2. The highest BCUT2D eigenvalue weighted by molar-refractivity contribution is 5.81. The van der Waals surface area contributed by atoms with Crippen molar-refractivity contribution in [2.75, 3.05) is 26.2 Å². The van der Waals surface area contributed by atoms with E-state index in [9.17, 15) is 50.1 Å². The molecule has 0 saturated carbocycles. The molecule has 0 bridgehead atoms. The Kier molecular flexibility index (Phi) is 27.3. The Hall–Kier alpha value is -1.87. The van der Waals surface area contributed by atoms with E-state index in [0.29, 0.717) is 12.8 Å². The fraction of sp³-hybridized carbons (Fsp3) is 0.923. The third-order valence-corrected chi connectivity index (χ3v) is 10.1. The van der Waals surface area contributed by atoms with Crippen molar-refractivity contribution >= 4 is 17.8 Å². The summed E-state index contributed by atoms with van der Waals surface area (Å²) in [6, 6.07) is -1.55. The molecule has 13 heteroatoms. The molecule has 6 N–H and O–H groups in total. The molecule has 7 atom stereocenters. The summed E-state index contributed by atoms with van der Waals surface area (Å²) >= 11 is 0. The van der Waals surface area contributed by atoms with Crippen molar-refractivity contribution in [2.24, 2.45) is 0 Å². The van der Waals surface area contributed by atoms with Crippen molar-refractivity contribution in [3.8, 4) is 0 Å². The lowest BCUT2D eigenvalue weighted by molar-refractivity contribution is -0.525. The van der Waals surface area contributed by atoms with Crippen LogP contribution in [0, 0.1) is 0 Å². The minimum Gasteiger partial charge on any atom is -0.829 e. The normalized spacial score (nSPS) is 21.5. The maximum Gasteiger partial charge on any atom is 0.323 e. The molecule has 0 aromatic rings. The van der Waals surface area contributed by atoms with E-state index >= 15 is 0 Å². The van der Waals surface area contributed by atoms with Crippen LogP contribution in [0.1, 0.15) is 162 Å². The number of unbranched alkanes of at least 4 members (excludes halogenated alkanes) is 16. The van der Waals surface area contributed by atoms with Gasteiger partial charge < -0.3 is 50.3 Å². The molecule has 0 aliphatic carbocycles. The van der Waals surface area contributed by atoms with Crippen LogP contribution in [0.4, 0.5) is 0 Å². The van der Waals surface area contributed by atoms with E-state index in [0.717, 1.165) is 61.2 Å². The molecular weight excluding hydrogens is 672 g/mol. The van der Waals surface area contributed by atoms with Gasteiger partial charge in [0.15, 0.2) is 0 Å². The number of amides is 2. The Balaban J connectivity index is 2.76. The standard InChI is InChI=1S/C39H73N2O11/c1-3-5-7-9-11-13-15-17-19-22-30(43)26-33(45)40(28-35(47)48)24-21-25-41(36-38(50)37(49)32(29-42)52-39(36)51)34(46)27-31(44)23-20-18-16-14-12-10-8-6-4-2/h30-32,36-39,42-44,49-50H,3-29H2,1-2H3,(H,47,48)/q-1/t30-,31-,32-,36-,37-,38-,39-/m1/s1. The lowest BCUT2D eigenvalue weighted by Gasteiger charge is -2.50. The SMILES string of the molecule is CCCCCCCCCCC[C@@H](O)CC(=O)N(CCCN(C(=O)C[C@H](O)CCCCCCCCCCC)[C@@H]1[C@@H](O)[C@H](O)[C@@H](CO)O[C@H]1[O-])CC(=O)O. The molecule has 0 spiro atoms. The quantitative estimate of drug-likeness (QED) is 0.0548. The molecule has 306 valence electrons. The van der Waals surface area contributed by atoms with Crippen LogP contribution in [0.2, 0.25) is 0 Å². The number of carboxylic acids is 1. The Bertz CT molecular complexity index is 942. The molecule has 13 nitrogen and oxygen atoms in total. The minimum absolute atomic E-state index is 0.0168. The van der Waals surface area contributed by atoms with Gasteiger partial charge in [-0.25, -0.2) is 0 Å². The highest BCUT2D eigenvalue weighted by Gasteiger charge is 2.44. The lowest BCUT2D eigenvalue weighted by Crippen LogP contribution is -2.68. The van der Waals surface area contributed by atoms with Crippen molar-refractivity contribution in [1.29, 1.82) is 0 Å². The third-order valence-electron chi connectivity index (χ3n) is 10.1. The van der Waals surface area contributed by atoms with Crippen LogP contribution in [0.25, 0.3) is 0 Å². The van der Waals surface area contributed by atoms with Crippen molar-refractivity contribution in [1.82, 2.24) is 9.80 Å². The number of rotatable bonds is 32. The van der Waals surface area contributed by atoms with Crippen LogP contribution >= 0.6 is 0 Å². The molecule has 1 aliphatic rings. The summed E-state index contributed by atoms with van der Waals surface area (Å²) in [5, 5.41) is 74.6. The summed E-state index contributed by atoms with van der Waals surface area (Å²) in [7, 11) is 0. The second kappa shape index (κ2) is 29.5. The zero-order chi connectivity index (χ0) is 38.7. The van der Waals surface area contributed by atoms with Crippen LogP contribution in [0.3, 0.4) is 0 Å². The van der Waals surface area contributed by atoms with Crippen molar-refractivity contribution in [3.05, 3.63) is 0 Å². The van der Waals surface area contributed by atoms with E-state index in [4.69, 9.17) is 4.74 Å². The maximum atomic E-state index is 13.5. The number of aliphatic hydroxyl groups excluding tert-OH is 5. The summed E-state index contributed by atoms with van der Waals surface area (Å²) in [4.78, 5) is 40.4. The van der Waals surface area contributed by atoms with Crippen molar-refractivity contribution in [3.63, 3.8) is 0 Å². The van der Waals surface area contributed by atoms with Crippen LogP contribution in [0.5, 0.6) is 0 Å². The first kappa shape index (κ1) is 48.1. The highest BCUT2D eigenvalue weighted by Crippen LogP contribution is 2.25. The molecule has 1 heterocycles. The average Bonchev–Trinajstić information content (AvgIpc) is 3.10. The second-order valence-corrected chi connectivity index (χ2v) is 14.8. The van der Waals surface area contributed by atoms with Gasteiger partial charge in [0.25, 0.3) is 0 Å². The molecule has 52 heavy (non-hydrogen) atoms. The van der Waals surface area contributed by atoms with Crippen molar-refractivity contribution in [2.45, 2.75) is 204 Å². The minimum atomic E-state index is -2.01. The molecule has 0 radical (unpaired) electrons. The lowest BCUT2D eigenvalue weighted by atomic mass is 9.95. The van der Waals surface area contributed by atoms with Gasteiger partial charge in [-0.15, -0.1) is 0 Å². The fourth-order valence-corrected chi connectivity index (χ4v) is 6.96. The third kappa shape index (κ3) is 20.5. The van der Waals surface area contributed by atoms with E-state index in [1.54, 1.807) is 0 Å². The van der Waals surface area contributed by atoms with E-state index in [2.05, 4.69) is 13.8 Å². The summed E-state index contributed by atoms with van der Waals surface area (Å²) in [6.45, 7) is 2.72. The van der Waals surface area contributed by atoms with Gasteiger partial charge in [-0.2, -0.15) is 0 Å². The van der Waals surface area contributed by atoms with Gasteiger partial charge in [0.2, 0.25) is 11.8 Å². The molecule has 0 aromatic carbocycles. The van der Waals surface area contributed by atoms with Gasteiger partial charge in [0, 0.05) is 19.4 Å². The molecule has 2 amide bonds. The summed E-state index contributed by atoms with van der Waals surface area (Å²) in [5.41, 5.74) is 0. The van der Waals surface area contributed by atoms with Gasteiger partial charge in [-0.3, -0.25) is 14.4 Å². The molecule has 1 fully saturated rings. The first-order chi connectivity index (χ1) is 25.0. The van der Waals surface area contributed by atoms with Crippen LogP contribution in [-0.2, 0) is 19.1 Å². The van der Waals surface area contributed by atoms with Gasteiger partial charge >= 0.3 is 5.97 Å². The predicted molar refractivity (Wildman–Crippen MR) is 197 cm³/mol. The number of nitrogens with zero attached hydrogens (tertiary/aromatic N) is 2.